The maximum absolute atomic E-state index is 12.9. The van der Waals surface area contributed by atoms with E-state index in [1.165, 1.54) is 44.5 Å². The zero-order valence-electron chi connectivity index (χ0n) is 28.3. The van der Waals surface area contributed by atoms with Crippen LogP contribution >= 0.6 is 0 Å². The van der Waals surface area contributed by atoms with Crippen LogP contribution < -0.4 is 15.0 Å². The fourth-order valence-electron chi connectivity index (χ4n) is 6.25. The second-order valence-corrected chi connectivity index (χ2v) is 11.1. The molecule has 3 fully saturated rings. The van der Waals surface area contributed by atoms with E-state index in [0.29, 0.717) is 19.0 Å². The molecule has 9 heteroatoms. The van der Waals surface area contributed by atoms with Crippen LogP contribution in [0.3, 0.4) is 0 Å². The Morgan fingerprint density at radius 2 is 1.51 bits per heavy atom. The summed E-state index contributed by atoms with van der Waals surface area (Å²) in [6.45, 7) is 16.0. The van der Waals surface area contributed by atoms with Crippen molar-refractivity contribution in [1.82, 2.24) is 19.8 Å². The number of piperidine rings is 1. The Hall–Kier alpha value is -3.43. The molecule has 0 atom stereocenters. The molecule has 3 aromatic rings. The molecule has 1 aromatic heterocycles. The summed E-state index contributed by atoms with van der Waals surface area (Å²) in [6.07, 6.45) is 9.66. The van der Waals surface area contributed by atoms with Crippen LogP contribution in [-0.2, 0) is 0 Å². The number of nitrogens with zero attached hydrogens (tertiary/aromatic N) is 5. The summed E-state index contributed by atoms with van der Waals surface area (Å²) in [5.41, 5.74) is 4.09. The van der Waals surface area contributed by atoms with Crippen molar-refractivity contribution in [3.8, 4) is 5.75 Å². The van der Waals surface area contributed by atoms with Gasteiger partial charge in [0.2, 0.25) is 0 Å². The van der Waals surface area contributed by atoms with Crippen LogP contribution in [0, 0.1) is 0 Å². The van der Waals surface area contributed by atoms with Gasteiger partial charge in [-0.25, -0.2) is 14.8 Å². The van der Waals surface area contributed by atoms with Gasteiger partial charge in [0.15, 0.2) is 0 Å². The highest BCUT2D eigenvalue weighted by Gasteiger charge is 2.26. The number of anilines is 2. The molecule has 2 aromatic carbocycles. The van der Waals surface area contributed by atoms with Gasteiger partial charge in [-0.15, -0.1) is 0 Å². The predicted octanol–water partition coefficient (Wildman–Crippen LogP) is 7.17. The molecule has 0 bridgehead atoms. The number of rotatable bonds is 8. The van der Waals surface area contributed by atoms with Crippen molar-refractivity contribution in [2.45, 2.75) is 78.6 Å². The van der Waals surface area contributed by atoms with E-state index in [0.717, 1.165) is 80.6 Å². The SMILES string of the molecule is CC.CC.CO.O=C(Nc1ccc(N2CCCC2)cc1)N1CCC(c2ncnc3cc(OCCCN4CCCC4)ccc23)CC1. The number of hydrogen-bond donors (Lipinski definition) is 2. The van der Waals surface area contributed by atoms with Crippen molar-refractivity contribution in [2.75, 3.05) is 69.7 Å². The molecule has 0 spiro atoms. The molecule has 248 valence electrons. The highest BCUT2D eigenvalue weighted by molar-refractivity contribution is 5.89. The van der Waals surface area contributed by atoms with Crippen molar-refractivity contribution < 1.29 is 14.6 Å². The average Bonchev–Trinajstić information content (AvgIpc) is 3.85. The quantitative estimate of drug-likeness (QED) is 0.258. The molecule has 6 rings (SSSR count). The third-order valence-corrected chi connectivity index (χ3v) is 8.48. The first kappa shape index (κ1) is 36.0. The number of aromatic nitrogens is 2. The molecular weight excluding hydrogens is 564 g/mol. The Kier molecular flexibility index (Phi) is 15.9. The van der Waals surface area contributed by atoms with Gasteiger partial charge in [0.1, 0.15) is 12.1 Å². The zero-order valence-corrected chi connectivity index (χ0v) is 28.3. The number of benzene rings is 2. The van der Waals surface area contributed by atoms with E-state index < -0.39 is 0 Å². The Labute approximate surface area is 271 Å². The first-order valence-corrected chi connectivity index (χ1v) is 17.2. The van der Waals surface area contributed by atoms with E-state index in [4.69, 9.17) is 9.84 Å². The molecule has 3 saturated heterocycles. The van der Waals surface area contributed by atoms with E-state index in [1.807, 2.05) is 56.9 Å². The number of carbonyl (C=O) groups is 1. The molecule has 0 saturated carbocycles. The molecule has 2 N–H and O–H groups in total. The van der Waals surface area contributed by atoms with Crippen molar-refractivity contribution >= 4 is 28.3 Å². The van der Waals surface area contributed by atoms with Gasteiger partial charge in [-0.3, -0.25) is 0 Å². The monoisotopic (exact) mass is 620 g/mol. The lowest BCUT2D eigenvalue weighted by atomic mass is 9.91. The maximum Gasteiger partial charge on any atom is 0.321 e. The largest absolute Gasteiger partial charge is 0.493 e. The number of aliphatic hydroxyl groups is 1. The van der Waals surface area contributed by atoms with Gasteiger partial charge in [0, 0.05) is 68.6 Å². The lowest BCUT2D eigenvalue weighted by Crippen LogP contribution is -2.40. The van der Waals surface area contributed by atoms with Crippen LogP contribution in [0.5, 0.6) is 5.75 Å². The highest BCUT2D eigenvalue weighted by Crippen LogP contribution is 2.32. The molecule has 3 aliphatic heterocycles. The number of amides is 2. The molecule has 0 aliphatic carbocycles. The summed E-state index contributed by atoms with van der Waals surface area (Å²) in [5.74, 6) is 1.18. The topological polar surface area (TPSA) is 94.1 Å². The molecule has 0 radical (unpaired) electrons. The number of fused-ring (bicyclic) bond motifs is 1. The number of nitrogens with one attached hydrogen (secondary N) is 1. The summed E-state index contributed by atoms with van der Waals surface area (Å²) in [4.78, 5) is 29.0. The summed E-state index contributed by atoms with van der Waals surface area (Å²) in [7, 11) is 1.00. The van der Waals surface area contributed by atoms with Gasteiger partial charge in [-0.05, 0) is 94.4 Å². The van der Waals surface area contributed by atoms with Crippen LogP contribution in [0.15, 0.2) is 48.8 Å². The van der Waals surface area contributed by atoms with E-state index in [-0.39, 0.29) is 6.03 Å². The highest BCUT2D eigenvalue weighted by atomic mass is 16.5. The third-order valence-electron chi connectivity index (χ3n) is 8.48. The van der Waals surface area contributed by atoms with Gasteiger partial charge in [-0.2, -0.15) is 0 Å². The second-order valence-electron chi connectivity index (χ2n) is 11.1. The van der Waals surface area contributed by atoms with E-state index in [9.17, 15) is 4.79 Å². The summed E-state index contributed by atoms with van der Waals surface area (Å²) in [5, 5.41) is 11.2. The second kappa shape index (κ2) is 19.9. The Morgan fingerprint density at radius 3 is 2.18 bits per heavy atom. The smallest absolute Gasteiger partial charge is 0.321 e. The molecule has 2 amide bonds. The van der Waals surface area contributed by atoms with Gasteiger partial charge in [-0.1, -0.05) is 27.7 Å². The number of aliphatic hydroxyl groups excluding tert-OH is 1. The summed E-state index contributed by atoms with van der Waals surface area (Å²) in [6, 6.07) is 14.4. The molecule has 45 heavy (non-hydrogen) atoms. The Balaban J connectivity index is 0.000000870. The molecule has 4 heterocycles. The van der Waals surface area contributed by atoms with E-state index in [2.05, 4.69) is 43.3 Å². The summed E-state index contributed by atoms with van der Waals surface area (Å²) < 4.78 is 6.04. The van der Waals surface area contributed by atoms with E-state index in [1.54, 1.807) is 6.33 Å². The minimum Gasteiger partial charge on any atom is -0.493 e. The molecule has 3 aliphatic rings. The standard InChI is InChI=1S/C31H40N6O2.2C2H6.CH4O/c38-31(34-25-6-8-26(9-7-25)36-17-3-4-18-36)37-19-12-24(13-20-37)30-28-11-10-27(22-29(28)32-23-33-30)39-21-5-16-35-14-1-2-15-35;3*1-2/h6-11,22-24H,1-5,12-21H2,(H,34,38);2*1-2H3;2H,1H3. The number of ether oxygens (including phenoxy) is 1. The molecular formula is C36H56N6O3. The Morgan fingerprint density at radius 1 is 0.867 bits per heavy atom. The van der Waals surface area contributed by atoms with Gasteiger partial charge in [0.25, 0.3) is 0 Å². The minimum absolute atomic E-state index is 0.0264. The van der Waals surface area contributed by atoms with Gasteiger partial charge >= 0.3 is 6.03 Å². The maximum atomic E-state index is 12.9. The van der Waals surface area contributed by atoms with Gasteiger partial charge < -0.3 is 29.9 Å². The number of likely N-dealkylation sites (tertiary alicyclic amines) is 2. The number of urea groups is 1. The third kappa shape index (κ3) is 10.3. The predicted molar refractivity (Wildman–Crippen MR) is 187 cm³/mol. The average molecular weight is 621 g/mol. The van der Waals surface area contributed by atoms with Crippen molar-refractivity contribution in [3.05, 3.63) is 54.5 Å². The van der Waals surface area contributed by atoms with E-state index >= 15 is 0 Å². The fourth-order valence-corrected chi connectivity index (χ4v) is 6.25. The van der Waals surface area contributed by atoms with Crippen LogP contribution in [-0.4, -0.2) is 90.4 Å². The van der Waals surface area contributed by atoms with Crippen molar-refractivity contribution in [2.24, 2.45) is 0 Å². The molecule has 9 nitrogen and oxygen atoms in total. The molecule has 0 unspecified atom stereocenters. The van der Waals surface area contributed by atoms with Crippen molar-refractivity contribution in [1.29, 1.82) is 0 Å². The van der Waals surface area contributed by atoms with Crippen LogP contribution in [0.4, 0.5) is 16.2 Å². The Bertz CT molecular complexity index is 1250. The first-order chi connectivity index (χ1) is 22.2. The minimum atomic E-state index is -0.0264. The summed E-state index contributed by atoms with van der Waals surface area (Å²) >= 11 is 0. The first-order valence-electron chi connectivity index (χ1n) is 17.2. The van der Waals surface area contributed by atoms with Crippen molar-refractivity contribution in [3.63, 3.8) is 0 Å². The fraction of sp³-hybridized carbons (Fsp3) is 0.583. The number of hydrogen-bond acceptors (Lipinski definition) is 7. The van der Waals surface area contributed by atoms with Gasteiger partial charge in [0.05, 0.1) is 17.8 Å². The zero-order chi connectivity index (χ0) is 32.4. The number of carbonyl (C=O) groups excluding carboxylic acids is 1. The normalized spacial score (nSPS) is 16.6. The van der Waals surface area contributed by atoms with Crippen LogP contribution in [0.25, 0.3) is 10.9 Å². The lowest BCUT2D eigenvalue weighted by molar-refractivity contribution is 0.194. The van der Waals surface area contributed by atoms with Crippen LogP contribution in [0.1, 0.15) is 84.3 Å². The van der Waals surface area contributed by atoms with Crippen LogP contribution in [0.2, 0.25) is 0 Å². The lowest BCUT2D eigenvalue weighted by Gasteiger charge is -2.32.